The number of carbonyl (C=O) groups is 1. The van der Waals surface area contributed by atoms with Crippen LogP contribution in [0.4, 0.5) is 23.4 Å². The lowest BCUT2D eigenvalue weighted by Gasteiger charge is -2.14. The van der Waals surface area contributed by atoms with Gasteiger partial charge in [-0.25, -0.2) is 14.4 Å². The molecule has 3 heterocycles. The lowest BCUT2D eigenvalue weighted by atomic mass is 10.0. The standard InChI is InChI=1S/C28H29F4N7O3/c1-38(2)8-9-39-16-19(26(36-39)41-3)11-23-33-14-20(15-34-23)17-4-5-18(21(29)10-17)12-25(40)35-24-13-22(42-37-24)27(6-7-27)28(30,31)32/h4-5,10,13-16H,6-9,11-12H2,1-3H3,(H,35,37,40). The molecular weight excluding hydrogens is 558 g/mol. The van der Waals surface area contributed by atoms with Gasteiger partial charge in [-0.3, -0.25) is 9.48 Å². The van der Waals surface area contributed by atoms with Gasteiger partial charge < -0.3 is 19.5 Å². The fourth-order valence-corrected chi connectivity index (χ4v) is 4.50. The van der Waals surface area contributed by atoms with Gasteiger partial charge in [-0.05, 0) is 44.1 Å². The third kappa shape index (κ3) is 6.27. The number of ether oxygens (including phenoxy) is 1. The van der Waals surface area contributed by atoms with E-state index >= 15 is 0 Å². The molecular formula is C28H29F4N7O3. The molecule has 42 heavy (non-hydrogen) atoms. The molecule has 3 aromatic heterocycles. The van der Waals surface area contributed by atoms with E-state index in [2.05, 4.69) is 30.4 Å². The zero-order valence-electron chi connectivity index (χ0n) is 23.2. The Bertz CT molecular complexity index is 1560. The Balaban J connectivity index is 1.20. The summed E-state index contributed by atoms with van der Waals surface area (Å²) in [6.07, 6.45) is 0.468. The summed E-state index contributed by atoms with van der Waals surface area (Å²) < 4.78 is 66.8. The highest BCUT2D eigenvalue weighted by molar-refractivity contribution is 5.91. The lowest BCUT2D eigenvalue weighted by molar-refractivity contribution is -0.165. The van der Waals surface area contributed by atoms with E-state index in [4.69, 9.17) is 9.26 Å². The van der Waals surface area contributed by atoms with Crippen LogP contribution in [-0.2, 0) is 29.6 Å². The number of carbonyl (C=O) groups excluding carboxylic acids is 1. The zero-order valence-corrected chi connectivity index (χ0v) is 23.2. The summed E-state index contributed by atoms with van der Waals surface area (Å²) in [4.78, 5) is 23.3. The number of alkyl halides is 3. The van der Waals surface area contributed by atoms with Crippen molar-refractivity contribution in [3.8, 4) is 17.0 Å². The molecule has 1 saturated carbocycles. The smallest absolute Gasteiger partial charge is 0.401 e. The van der Waals surface area contributed by atoms with E-state index in [1.165, 1.54) is 12.1 Å². The summed E-state index contributed by atoms with van der Waals surface area (Å²) in [7, 11) is 5.52. The third-order valence-electron chi connectivity index (χ3n) is 7.10. The highest BCUT2D eigenvalue weighted by atomic mass is 19.4. The quantitative estimate of drug-likeness (QED) is 0.257. The SMILES string of the molecule is COc1nn(CCN(C)C)cc1Cc1ncc(-c2ccc(CC(=O)Nc3cc(C4(C(F)(F)F)CC4)on3)c(F)c2)cn1. The van der Waals surface area contributed by atoms with Gasteiger partial charge in [-0.2, -0.15) is 13.2 Å². The summed E-state index contributed by atoms with van der Waals surface area (Å²) in [5, 5.41) is 10.3. The number of halogens is 4. The Morgan fingerprint density at radius 2 is 1.88 bits per heavy atom. The molecule has 1 fully saturated rings. The molecule has 1 aliphatic carbocycles. The van der Waals surface area contributed by atoms with Crippen LogP contribution in [0.25, 0.3) is 11.1 Å². The average Bonchev–Trinajstić information content (AvgIpc) is 3.49. The van der Waals surface area contributed by atoms with Crippen LogP contribution in [0.1, 0.15) is 35.6 Å². The maximum atomic E-state index is 14.9. The molecule has 0 spiro atoms. The number of rotatable bonds is 11. The van der Waals surface area contributed by atoms with Crippen molar-refractivity contribution in [2.24, 2.45) is 0 Å². The summed E-state index contributed by atoms with van der Waals surface area (Å²) in [6.45, 7) is 1.53. The number of aromatic nitrogens is 5. The second-order valence-electron chi connectivity index (χ2n) is 10.5. The van der Waals surface area contributed by atoms with Gasteiger partial charge in [0, 0.05) is 48.7 Å². The highest BCUT2D eigenvalue weighted by Gasteiger charge is 2.66. The van der Waals surface area contributed by atoms with Crippen LogP contribution in [0.15, 0.2) is 47.4 Å². The van der Waals surface area contributed by atoms with Crippen molar-refractivity contribution in [2.45, 2.75) is 43.8 Å². The van der Waals surface area contributed by atoms with Gasteiger partial charge >= 0.3 is 6.18 Å². The van der Waals surface area contributed by atoms with Gasteiger partial charge in [-0.1, -0.05) is 17.3 Å². The van der Waals surface area contributed by atoms with E-state index in [1.807, 2.05) is 25.0 Å². The van der Waals surface area contributed by atoms with Gasteiger partial charge in [0.25, 0.3) is 0 Å². The molecule has 14 heteroatoms. The van der Waals surface area contributed by atoms with Crippen LogP contribution in [0.5, 0.6) is 5.88 Å². The molecule has 1 amide bonds. The van der Waals surface area contributed by atoms with E-state index in [0.29, 0.717) is 35.8 Å². The van der Waals surface area contributed by atoms with Crippen molar-refractivity contribution < 1.29 is 31.6 Å². The maximum absolute atomic E-state index is 14.9. The fraction of sp³-hybridized carbons (Fsp3) is 0.393. The second-order valence-corrected chi connectivity index (χ2v) is 10.5. The summed E-state index contributed by atoms with van der Waals surface area (Å²) in [5.74, 6) is -0.735. The lowest BCUT2D eigenvalue weighted by Crippen LogP contribution is -2.28. The third-order valence-corrected chi connectivity index (χ3v) is 7.10. The van der Waals surface area contributed by atoms with Crippen LogP contribution in [-0.4, -0.2) is 69.6 Å². The first-order valence-corrected chi connectivity index (χ1v) is 13.2. The average molecular weight is 588 g/mol. The molecule has 0 bridgehead atoms. The van der Waals surface area contributed by atoms with Crippen LogP contribution in [0, 0.1) is 5.82 Å². The van der Waals surface area contributed by atoms with Crippen molar-refractivity contribution in [3.63, 3.8) is 0 Å². The molecule has 4 aromatic rings. The van der Waals surface area contributed by atoms with Crippen LogP contribution >= 0.6 is 0 Å². The molecule has 1 aromatic carbocycles. The highest BCUT2D eigenvalue weighted by Crippen LogP contribution is 2.59. The van der Waals surface area contributed by atoms with Crippen LogP contribution < -0.4 is 10.1 Å². The van der Waals surface area contributed by atoms with Crippen molar-refractivity contribution in [3.05, 3.63) is 71.4 Å². The number of hydrogen-bond acceptors (Lipinski definition) is 8. The molecule has 0 saturated heterocycles. The van der Waals surface area contributed by atoms with E-state index in [9.17, 15) is 22.4 Å². The molecule has 10 nitrogen and oxygen atoms in total. The van der Waals surface area contributed by atoms with Crippen LogP contribution in [0.3, 0.4) is 0 Å². The first-order chi connectivity index (χ1) is 20.0. The monoisotopic (exact) mass is 587 g/mol. The molecule has 0 aliphatic heterocycles. The topological polar surface area (TPSA) is 111 Å². The summed E-state index contributed by atoms with van der Waals surface area (Å²) in [6, 6.07) is 5.43. The first-order valence-electron chi connectivity index (χ1n) is 13.2. The predicted octanol–water partition coefficient (Wildman–Crippen LogP) is 4.40. The van der Waals surface area contributed by atoms with Crippen molar-refractivity contribution in [1.29, 1.82) is 0 Å². The van der Waals surface area contributed by atoms with E-state index < -0.39 is 23.3 Å². The minimum atomic E-state index is -4.46. The summed E-state index contributed by atoms with van der Waals surface area (Å²) in [5.41, 5.74) is -0.0116. The Morgan fingerprint density at radius 3 is 2.50 bits per heavy atom. The number of methoxy groups -OCH3 is 1. The predicted molar refractivity (Wildman–Crippen MR) is 143 cm³/mol. The number of nitrogens with zero attached hydrogens (tertiary/aromatic N) is 6. The van der Waals surface area contributed by atoms with Gasteiger partial charge in [0.1, 0.15) is 17.1 Å². The largest absolute Gasteiger partial charge is 0.480 e. The van der Waals surface area contributed by atoms with Crippen molar-refractivity contribution >= 4 is 11.7 Å². The number of nitrogens with one attached hydrogen (secondary N) is 1. The van der Waals surface area contributed by atoms with Crippen molar-refractivity contribution in [2.75, 3.05) is 33.1 Å². The molecule has 1 aliphatic rings. The molecule has 0 radical (unpaired) electrons. The Kier molecular flexibility index (Phi) is 7.99. The van der Waals surface area contributed by atoms with Crippen LogP contribution in [0.2, 0.25) is 0 Å². The summed E-state index contributed by atoms with van der Waals surface area (Å²) >= 11 is 0. The second kappa shape index (κ2) is 11.5. The first kappa shape index (κ1) is 29.2. The minimum Gasteiger partial charge on any atom is -0.480 e. The normalized spacial score (nSPS) is 14.3. The number of likely N-dealkylation sites (N-methyl/N-ethyl adjacent to an activating group) is 1. The van der Waals surface area contributed by atoms with Gasteiger partial charge in [0.2, 0.25) is 11.8 Å². The minimum absolute atomic E-state index is 0.0951. The Morgan fingerprint density at radius 1 is 1.14 bits per heavy atom. The maximum Gasteiger partial charge on any atom is 0.401 e. The number of hydrogen-bond donors (Lipinski definition) is 1. The zero-order chi connectivity index (χ0) is 30.1. The van der Waals surface area contributed by atoms with E-state index in [-0.39, 0.29) is 36.4 Å². The fourth-order valence-electron chi connectivity index (χ4n) is 4.50. The van der Waals surface area contributed by atoms with Gasteiger partial charge in [0.05, 0.1) is 20.1 Å². The molecule has 222 valence electrons. The molecule has 0 unspecified atom stereocenters. The Hall–Kier alpha value is -4.33. The van der Waals surface area contributed by atoms with Crippen molar-refractivity contribution in [1.82, 2.24) is 29.8 Å². The molecule has 5 rings (SSSR count). The van der Waals surface area contributed by atoms with E-state index in [1.54, 1.807) is 25.6 Å². The molecule has 1 N–H and O–H groups in total. The van der Waals surface area contributed by atoms with Gasteiger partial charge in [-0.15, -0.1) is 5.10 Å². The number of benzene rings is 1. The number of anilines is 1. The Labute approximate surface area is 238 Å². The van der Waals surface area contributed by atoms with E-state index in [0.717, 1.165) is 18.2 Å². The molecule has 0 atom stereocenters. The van der Waals surface area contributed by atoms with Gasteiger partial charge in [0.15, 0.2) is 11.6 Å². The number of amides is 1.